The number of H-pyrrole nitrogens is 1. The third-order valence-corrected chi connectivity index (χ3v) is 3.87. The summed E-state index contributed by atoms with van der Waals surface area (Å²) in [4.78, 5) is 9.05. The van der Waals surface area contributed by atoms with E-state index in [0.29, 0.717) is 11.7 Å². The second-order valence-corrected chi connectivity index (χ2v) is 5.70. The Kier molecular flexibility index (Phi) is 3.11. The predicted molar refractivity (Wildman–Crippen MR) is 86.1 cm³/mol. The molecule has 1 aromatic carbocycles. The molecule has 1 saturated carbocycles. The average molecular weight is 291 g/mol. The van der Waals surface area contributed by atoms with Crippen LogP contribution in [0.25, 0.3) is 11.4 Å². The summed E-state index contributed by atoms with van der Waals surface area (Å²) in [5.41, 5.74) is 3.21. The Labute approximate surface area is 128 Å². The number of benzene rings is 1. The summed E-state index contributed by atoms with van der Waals surface area (Å²) in [6.45, 7) is 1.99. The van der Waals surface area contributed by atoms with Crippen molar-refractivity contribution in [3.8, 4) is 11.4 Å². The van der Waals surface area contributed by atoms with E-state index in [4.69, 9.17) is 0 Å². The van der Waals surface area contributed by atoms with Crippen LogP contribution in [-0.4, -0.2) is 20.2 Å². The van der Waals surface area contributed by atoms with E-state index in [1.165, 1.54) is 18.5 Å². The van der Waals surface area contributed by atoms with Crippen molar-refractivity contribution in [3.63, 3.8) is 0 Å². The first-order valence-corrected chi connectivity index (χ1v) is 7.51. The molecule has 3 aromatic rings. The van der Waals surface area contributed by atoms with Gasteiger partial charge in [0.25, 0.3) is 0 Å². The minimum absolute atomic E-state index is 0.662. The molecule has 0 atom stereocenters. The van der Waals surface area contributed by atoms with Gasteiger partial charge in [-0.05, 0) is 19.8 Å². The van der Waals surface area contributed by atoms with Crippen LogP contribution >= 0.6 is 0 Å². The molecule has 0 radical (unpaired) electrons. The molecule has 0 spiro atoms. The fourth-order valence-electron chi connectivity index (χ4n) is 2.42. The van der Waals surface area contributed by atoms with E-state index in [1.807, 2.05) is 43.5 Å². The van der Waals surface area contributed by atoms with Crippen LogP contribution in [0, 0.1) is 6.92 Å². The molecular formula is C17H17N5. The molecule has 0 unspecified atom stereocenters. The molecule has 1 aliphatic rings. The highest BCUT2D eigenvalue weighted by Gasteiger charge is 2.25. The zero-order valence-electron chi connectivity index (χ0n) is 12.4. The molecule has 22 heavy (non-hydrogen) atoms. The summed E-state index contributed by atoms with van der Waals surface area (Å²) in [7, 11) is 0. The van der Waals surface area contributed by atoms with Gasteiger partial charge >= 0.3 is 0 Å². The molecule has 1 fully saturated rings. The van der Waals surface area contributed by atoms with Crippen molar-refractivity contribution < 1.29 is 0 Å². The lowest BCUT2D eigenvalue weighted by Crippen LogP contribution is -2.00. The minimum atomic E-state index is 0.662. The SMILES string of the molecule is Cc1cnc(-c2ccccc2)nc1Nc1cc(C2CC2)[nH]n1. The molecule has 1 aliphatic carbocycles. The number of nitrogens with zero attached hydrogens (tertiary/aromatic N) is 3. The van der Waals surface area contributed by atoms with Crippen LogP contribution < -0.4 is 5.32 Å². The van der Waals surface area contributed by atoms with Gasteiger partial charge in [-0.25, -0.2) is 9.97 Å². The van der Waals surface area contributed by atoms with E-state index < -0.39 is 0 Å². The number of aromatic amines is 1. The van der Waals surface area contributed by atoms with Gasteiger partial charge in [-0.2, -0.15) is 5.10 Å². The van der Waals surface area contributed by atoms with E-state index in [0.717, 1.165) is 22.8 Å². The average Bonchev–Trinajstić information content (AvgIpc) is 3.30. The number of nitrogens with one attached hydrogen (secondary N) is 2. The zero-order valence-corrected chi connectivity index (χ0v) is 12.4. The van der Waals surface area contributed by atoms with Crippen LogP contribution in [0.4, 0.5) is 11.6 Å². The first kappa shape index (κ1) is 13.0. The third-order valence-electron chi connectivity index (χ3n) is 3.87. The highest BCUT2D eigenvalue weighted by Crippen LogP contribution is 2.39. The van der Waals surface area contributed by atoms with Crippen molar-refractivity contribution in [2.45, 2.75) is 25.7 Å². The second-order valence-electron chi connectivity index (χ2n) is 5.70. The minimum Gasteiger partial charge on any atom is -0.323 e. The van der Waals surface area contributed by atoms with Crippen molar-refractivity contribution in [2.75, 3.05) is 5.32 Å². The topological polar surface area (TPSA) is 66.5 Å². The van der Waals surface area contributed by atoms with E-state index in [9.17, 15) is 0 Å². The Morgan fingerprint density at radius 1 is 1.18 bits per heavy atom. The molecule has 5 nitrogen and oxygen atoms in total. The maximum atomic E-state index is 4.63. The fraction of sp³-hybridized carbons (Fsp3) is 0.235. The number of aromatic nitrogens is 4. The smallest absolute Gasteiger partial charge is 0.161 e. The molecular weight excluding hydrogens is 274 g/mol. The summed E-state index contributed by atoms with van der Waals surface area (Å²) in [6, 6.07) is 12.0. The van der Waals surface area contributed by atoms with Gasteiger partial charge in [0.1, 0.15) is 5.82 Å². The number of hydrogen-bond donors (Lipinski definition) is 2. The molecule has 110 valence electrons. The van der Waals surface area contributed by atoms with Gasteiger partial charge in [-0.1, -0.05) is 30.3 Å². The van der Waals surface area contributed by atoms with Gasteiger partial charge < -0.3 is 5.32 Å². The van der Waals surface area contributed by atoms with E-state index in [1.54, 1.807) is 0 Å². The van der Waals surface area contributed by atoms with E-state index in [-0.39, 0.29) is 0 Å². The molecule has 2 heterocycles. The van der Waals surface area contributed by atoms with Crippen LogP contribution in [-0.2, 0) is 0 Å². The van der Waals surface area contributed by atoms with Gasteiger partial charge in [0.15, 0.2) is 11.6 Å². The highest BCUT2D eigenvalue weighted by atomic mass is 15.2. The summed E-state index contributed by atoms with van der Waals surface area (Å²) >= 11 is 0. The molecule has 5 heteroatoms. The van der Waals surface area contributed by atoms with Crippen molar-refractivity contribution in [1.29, 1.82) is 0 Å². The first-order chi connectivity index (χ1) is 10.8. The molecule has 4 rings (SSSR count). The van der Waals surface area contributed by atoms with Crippen molar-refractivity contribution in [1.82, 2.24) is 20.2 Å². The predicted octanol–water partition coefficient (Wildman–Crippen LogP) is 3.80. The van der Waals surface area contributed by atoms with Crippen LogP contribution in [0.1, 0.15) is 30.0 Å². The van der Waals surface area contributed by atoms with Crippen LogP contribution in [0.5, 0.6) is 0 Å². The van der Waals surface area contributed by atoms with Gasteiger partial charge in [0, 0.05) is 35.0 Å². The maximum Gasteiger partial charge on any atom is 0.161 e. The molecule has 0 aliphatic heterocycles. The lowest BCUT2D eigenvalue weighted by atomic mass is 10.2. The summed E-state index contributed by atoms with van der Waals surface area (Å²) < 4.78 is 0. The highest BCUT2D eigenvalue weighted by molar-refractivity contribution is 5.61. The number of hydrogen-bond acceptors (Lipinski definition) is 4. The lowest BCUT2D eigenvalue weighted by molar-refractivity contribution is 0.966. The largest absolute Gasteiger partial charge is 0.323 e. The second kappa shape index (κ2) is 5.26. The number of anilines is 2. The molecule has 0 amide bonds. The molecule has 2 N–H and O–H groups in total. The Morgan fingerprint density at radius 2 is 2.00 bits per heavy atom. The molecule has 2 aromatic heterocycles. The summed E-state index contributed by atoms with van der Waals surface area (Å²) in [5.74, 6) is 2.98. The van der Waals surface area contributed by atoms with Crippen LogP contribution in [0.2, 0.25) is 0 Å². The standard InChI is InChI=1S/C17H17N5/c1-11-10-18-17(13-5-3-2-4-6-13)20-16(11)19-15-9-14(21-22-15)12-7-8-12/h2-6,9-10,12H,7-8H2,1H3,(H2,18,19,20,21,22). The lowest BCUT2D eigenvalue weighted by Gasteiger charge is -2.07. The number of rotatable bonds is 4. The van der Waals surface area contributed by atoms with Crippen molar-refractivity contribution >= 4 is 11.6 Å². The van der Waals surface area contributed by atoms with Gasteiger partial charge in [-0.3, -0.25) is 5.10 Å². The summed E-state index contributed by atoms with van der Waals surface area (Å²) in [6.07, 6.45) is 4.35. The Hall–Kier alpha value is -2.69. The Bertz CT molecular complexity index is 790. The zero-order chi connectivity index (χ0) is 14.9. The normalized spacial score (nSPS) is 14.0. The quantitative estimate of drug-likeness (QED) is 0.767. The monoisotopic (exact) mass is 291 g/mol. The molecule has 0 saturated heterocycles. The Morgan fingerprint density at radius 3 is 2.77 bits per heavy atom. The first-order valence-electron chi connectivity index (χ1n) is 7.51. The fourth-order valence-corrected chi connectivity index (χ4v) is 2.42. The summed E-state index contributed by atoms with van der Waals surface area (Å²) in [5, 5.41) is 10.7. The van der Waals surface area contributed by atoms with Gasteiger partial charge in [0.2, 0.25) is 0 Å². The Balaban J connectivity index is 1.62. The van der Waals surface area contributed by atoms with Crippen LogP contribution in [0.3, 0.4) is 0 Å². The van der Waals surface area contributed by atoms with E-state index in [2.05, 4.69) is 31.5 Å². The van der Waals surface area contributed by atoms with Gasteiger partial charge in [0.05, 0.1) is 0 Å². The molecule has 0 bridgehead atoms. The van der Waals surface area contributed by atoms with Gasteiger partial charge in [-0.15, -0.1) is 0 Å². The van der Waals surface area contributed by atoms with Crippen molar-refractivity contribution in [3.05, 3.63) is 53.9 Å². The van der Waals surface area contributed by atoms with Crippen LogP contribution in [0.15, 0.2) is 42.6 Å². The third kappa shape index (κ3) is 2.57. The van der Waals surface area contributed by atoms with E-state index >= 15 is 0 Å². The maximum absolute atomic E-state index is 4.63. The van der Waals surface area contributed by atoms with Crippen molar-refractivity contribution in [2.24, 2.45) is 0 Å². The number of aryl methyl sites for hydroxylation is 1.